The molecule has 0 bridgehead atoms. The highest BCUT2D eigenvalue weighted by molar-refractivity contribution is 6.53. The molecule has 1 saturated heterocycles. The molecule has 1 heterocycles. The Labute approximate surface area is 118 Å². The molecular formula is C12H17Cl2NO3. The van der Waals surface area contributed by atoms with Gasteiger partial charge >= 0.3 is 0 Å². The molecule has 0 aliphatic carbocycles. The van der Waals surface area contributed by atoms with Gasteiger partial charge in [-0.1, -0.05) is 29.1 Å². The van der Waals surface area contributed by atoms with Gasteiger partial charge in [0, 0.05) is 0 Å². The summed E-state index contributed by atoms with van der Waals surface area (Å²) in [5.41, 5.74) is 0. The van der Waals surface area contributed by atoms with Gasteiger partial charge in [0.25, 0.3) is 5.91 Å². The van der Waals surface area contributed by atoms with E-state index in [1.54, 1.807) is 0 Å². The first-order valence-electron chi connectivity index (χ1n) is 5.75. The Morgan fingerprint density at radius 3 is 2.44 bits per heavy atom. The van der Waals surface area contributed by atoms with Crippen molar-refractivity contribution in [3.8, 4) is 12.3 Å². The summed E-state index contributed by atoms with van der Waals surface area (Å²) in [6.07, 6.45) is 5.72. The number of hydrogen-bond donors (Lipinski definition) is 0. The molecule has 2 atom stereocenters. The van der Waals surface area contributed by atoms with Crippen LogP contribution in [0.2, 0.25) is 0 Å². The molecule has 0 aromatic carbocycles. The number of ether oxygens (including phenoxy) is 2. The second-order valence-electron chi connectivity index (χ2n) is 4.28. The van der Waals surface area contributed by atoms with E-state index < -0.39 is 17.0 Å². The quantitative estimate of drug-likeness (QED) is 0.586. The van der Waals surface area contributed by atoms with Gasteiger partial charge in [0.05, 0.1) is 25.3 Å². The SMILES string of the molecule is C#CCN(CC1OC(C)CC(C)O1)C(=O)C(Cl)Cl. The van der Waals surface area contributed by atoms with E-state index in [1.165, 1.54) is 4.90 Å². The summed E-state index contributed by atoms with van der Waals surface area (Å²) in [4.78, 5) is 12.0. The molecule has 1 rings (SSSR count). The van der Waals surface area contributed by atoms with Gasteiger partial charge in [0.2, 0.25) is 0 Å². The van der Waals surface area contributed by atoms with Gasteiger partial charge in [-0.2, -0.15) is 0 Å². The minimum atomic E-state index is -1.13. The third-order valence-corrected chi connectivity index (χ3v) is 2.96. The molecule has 4 nitrogen and oxygen atoms in total. The lowest BCUT2D eigenvalue weighted by molar-refractivity contribution is -0.238. The summed E-state index contributed by atoms with van der Waals surface area (Å²) in [5, 5.41) is 0. The average molecular weight is 294 g/mol. The van der Waals surface area contributed by atoms with Crippen LogP contribution in [-0.2, 0) is 14.3 Å². The summed E-state index contributed by atoms with van der Waals surface area (Å²) in [5.74, 6) is 1.96. The van der Waals surface area contributed by atoms with Crippen molar-refractivity contribution in [2.75, 3.05) is 13.1 Å². The third kappa shape index (κ3) is 4.66. The van der Waals surface area contributed by atoms with Crippen molar-refractivity contribution in [3.05, 3.63) is 0 Å². The van der Waals surface area contributed by atoms with Crippen molar-refractivity contribution in [2.24, 2.45) is 0 Å². The molecule has 0 saturated carbocycles. The lowest BCUT2D eigenvalue weighted by Crippen LogP contribution is -2.46. The second-order valence-corrected chi connectivity index (χ2v) is 5.38. The van der Waals surface area contributed by atoms with Crippen LogP contribution in [0.4, 0.5) is 0 Å². The average Bonchev–Trinajstić information content (AvgIpc) is 2.26. The van der Waals surface area contributed by atoms with Crippen LogP contribution in [0.15, 0.2) is 0 Å². The summed E-state index contributed by atoms with van der Waals surface area (Å²) in [6, 6.07) is 0. The number of nitrogens with zero attached hydrogens (tertiary/aromatic N) is 1. The maximum atomic E-state index is 11.7. The second kappa shape index (κ2) is 7.20. The molecule has 102 valence electrons. The molecular weight excluding hydrogens is 277 g/mol. The smallest absolute Gasteiger partial charge is 0.256 e. The molecule has 0 N–H and O–H groups in total. The zero-order chi connectivity index (χ0) is 13.7. The van der Waals surface area contributed by atoms with Crippen LogP contribution in [0.1, 0.15) is 20.3 Å². The molecule has 1 amide bonds. The van der Waals surface area contributed by atoms with Crippen LogP contribution in [0.5, 0.6) is 0 Å². The van der Waals surface area contributed by atoms with Crippen molar-refractivity contribution in [3.63, 3.8) is 0 Å². The zero-order valence-electron chi connectivity index (χ0n) is 10.4. The molecule has 1 fully saturated rings. The van der Waals surface area contributed by atoms with E-state index in [0.29, 0.717) is 0 Å². The Kier molecular flexibility index (Phi) is 6.24. The predicted octanol–water partition coefficient (Wildman–Crippen LogP) is 1.79. The molecule has 1 aliphatic heterocycles. The Bertz CT molecular complexity index is 320. The normalized spacial score (nSPS) is 27.9. The van der Waals surface area contributed by atoms with Gasteiger partial charge in [-0.25, -0.2) is 0 Å². The number of terminal acetylenes is 1. The fraction of sp³-hybridized carbons (Fsp3) is 0.750. The molecule has 0 radical (unpaired) electrons. The van der Waals surface area contributed by atoms with E-state index in [9.17, 15) is 4.79 Å². The third-order valence-electron chi connectivity index (χ3n) is 2.58. The van der Waals surface area contributed by atoms with Gasteiger partial charge in [-0.3, -0.25) is 4.79 Å². The van der Waals surface area contributed by atoms with Gasteiger partial charge in [-0.15, -0.1) is 6.42 Å². The molecule has 0 aromatic rings. The number of alkyl halides is 2. The van der Waals surface area contributed by atoms with Crippen LogP contribution in [0, 0.1) is 12.3 Å². The number of hydrogen-bond acceptors (Lipinski definition) is 3. The first kappa shape index (κ1) is 15.6. The molecule has 0 spiro atoms. The lowest BCUT2D eigenvalue weighted by atomic mass is 10.2. The van der Waals surface area contributed by atoms with Crippen LogP contribution in [0.25, 0.3) is 0 Å². The summed E-state index contributed by atoms with van der Waals surface area (Å²) in [6.45, 7) is 4.28. The maximum Gasteiger partial charge on any atom is 0.256 e. The standard InChI is InChI=1S/C12H17Cl2NO3/c1-4-5-15(12(16)11(13)14)7-10-17-8(2)6-9(3)18-10/h1,8-11H,5-7H2,2-3H3. The van der Waals surface area contributed by atoms with Crippen LogP contribution in [-0.4, -0.2) is 47.2 Å². The van der Waals surface area contributed by atoms with Crippen molar-refractivity contribution in [1.82, 2.24) is 4.90 Å². The van der Waals surface area contributed by atoms with Crippen molar-refractivity contribution in [1.29, 1.82) is 0 Å². The topological polar surface area (TPSA) is 38.8 Å². The predicted molar refractivity (Wildman–Crippen MR) is 70.4 cm³/mol. The van der Waals surface area contributed by atoms with E-state index in [0.717, 1.165) is 6.42 Å². The van der Waals surface area contributed by atoms with Gasteiger partial charge in [0.15, 0.2) is 11.1 Å². The summed E-state index contributed by atoms with van der Waals surface area (Å²) < 4.78 is 11.2. The zero-order valence-corrected chi connectivity index (χ0v) is 11.9. The minimum Gasteiger partial charge on any atom is -0.348 e. The first-order valence-corrected chi connectivity index (χ1v) is 6.62. The highest BCUT2D eigenvalue weighted by Crippen LogP contribution is 2.19. The number of amides is 1. The molecule has 1 aliphatic rings. The minimum absolute atomic E-state index is 0.0873. The molecule has 0 aromatic heterocycles. The number of halogens is 2. The highest BCUT2D eigenvalue weighted by atomic mass is 35.5. The Morgan fingerprint density at radius 2 is 2.00 bits per heavy atom. The van der Waals surface area contributed by atoms with Crippen molar-refractivity contribution in [2.45, 2.75) is 43.6 Å². The fourth-order valence-electron chi connectivity index (χ4n) is 1.88. The van der Waals surface area contributed by atoms with Gasteiger partial charge < -0.3 is 14.4 Å². The van der Waals surface area contributed by atoms with Crippen molar-refractivity contribution < 1.29 is 14.3 Å². The summed E-state index contributed by atoms with van der Waals surface area (Å²) >= 11 is 11.1. The van der Waals surface area contributed by atoms with Crippen LogP contribution < -0.4 is 0 Å². The number of carbonyl (C=O) groups excluding carboxylic acids is 1. The van der Waals surface area contributed by atoms with Gasteiger partial charge in [0.1, 0.15) is 0 Å². The molecule has 2 unspecified atom stereocenters. The Morgan fingerprint density at radius 1 is 1.44 bits per heavy atom. The van der Waals surface area contributed by atoms with Crippen LogP contribution >= 0.6 is 23.2 Å². The van der Waals surface area contributed by atoms with E-state index in [2.05, 4.69) is 5.92 Å². The van der Waals surface area contributed by atoms with Gasteiger partial charge in [-0.05, 0) is 20.3 Å². The summed E-state index contributed by atoms with van der Waals surface area (Å²) in [7, 11) is 0. The number of rotatable bonds is 4. The van der Waals surface area contributed by atoms with E-state index in [-0.39, 0.29) is 25.3 Å². The Balaban J connectivity index is 2.60. The van der Waals surface area contributed by atoms with Crippen molar-refractivity contribution >= 4 is 29.1 Å². The fourth-order valence-corrected chi connectivity index (χ4v) is 2.15. The monoisotopic (exact) mass is 293 g/mol. The lowest BCUT2D eigenvalue weighted by Gasteiger charge is -2.35. The van der Waals surface area contributed by atoms with E-state index in [1.807, 2.05) is 13.8 Å². The largest absolute Gasteiger partial charge is 0.348 e. The maximum absolute atomic E-state index is 11.7. The van der Waals surface area contributed by atoms with E-state index >= 15 is 0 Å². The highest BCUT2D eigenvalue weighted by Gasteiger charge is 2.29. The van der Waals surface area contributed by atoms with E-state index in [4.69, 9.17) is 39.1 Å². The Hall–Kier alpha value is -0.470. The van der Waals surface area contributed by atoms with Crippen LogP contribution in [0.3, 0.4) is 0 Å². The number of carbonyl (C=O) groups is 1. The first-order chi connectivity index (χ1) is 8.43. The molecule has 18 heavy (non-hydrogen) atoms. The molecule has 6 heteroatoms.